The summed E-state index contributed by atoms with van der Waals surface area (Å²) < 4.78 is 13.9. The Kier molecular flexibility index (Phi) is 5.62. The van der Waals surface area contributed by atoms with E-state index in [4.69, 9.17) is 0 Å². The van der Waals surface area contributed by atoms with Crippen LogP contribution < -0.4 is 10.2 Å². The number of carbonyl (C=O) groups is 1. The molecule has 1 aliphatic heterocycles. The predicted octanol–water partition coefficient (Wildman–Crippen LogP) is 4.17. The van der Waals surface area contributed by atoms with E-state index in [1.807, 2.05) is 0 Å². The number of nitrogens with zero attached hydrogens (tertiary/aromatic N) is 2. The molecule has 0 radical (unpaired) electrons. The standard InChI is InChI=1S/C23H28FN3O/c1-17(28)23-21(24)3-2-4-22(23)25-15-18-7-9-20(10-8-18)27-13-11-26(12-14-27)16-19-5-6-19/h2-4,7-10,19,25H,5-6,11-16H2,1H3. The zero-order valence-corrected chi connectivity index (χ0v) is 16.5. The van der Waals surface area contributed by atoms with E-state index in [-0.39, 0.29) is 11.3 Å². The molecule has 0 spiro atoms. The van der Waals surface area contributed by atoms with Crippen LogP contribution in [0.2, 0.25) is 0 Å². The van der Waals surface area contributed by atoms with Crippen LogP contribution in [0.3, 0.4) is 0 Å². The summed E-state index contributed by atoms with van der Waals surface area (Å²) >= 11 is 0. The number of nitrogens with one attached hydrogen (secondary N) is 1. The van der Waals surface area contributed by atoms with Crippen molar-refractivity contribution in [2.75, 3.05) is 42.9 Å². The molecule has 0 atom stereocenters. The molecule has 1 saturated heterocycles. The Hall–Kier alpha value is -2.40. The Labute approximate surface area is 166 Å². The summed E-state index contributed by atoms with van der Waals surface area (Å²) in [4.78, 5) is 16.8. The summed E-state index contributed by atoms with van der Waals surface area (Å²) in [6, 6.07) is 13.2. The quantitative estimate of drug-likeness (QED) is 0.730. The second-order valence-electron chi connectivity index (χ2n) is 7.97. The van der Waals surface area contributed by atoms with Crippen LogP contribution in [0.1, 0.15) is 35.7 Å². The van der Waals surface area contributed by atoms with Gasteiger partial charge < -0.3 is 10.2 Å². The topological polar surface area (TPSA) is 35.6 Å². The highest BCUT2D eigenvalue weighted by Crippen LogP contribution is 2.30. The Morgan fingerprint density at radius 3 is 2.43 bits per heavy atom. The average molecular weight is 381 g/mol. The van der Waals surface area contributed by atoms with Crippen molar-refractivity contribution in [3.05, 3.63) is 59.4 Å². The maximum atomic E-state index is 13.9. The van der Waals surface area contributed by atoms with Crippen molar-refractivity contribution in [1.29, 1.82) is 0 Å². The van der Waals surface area contributed by atoms with E-state index in [9.17, 15) is 9.18 Å². The van der Waals surface area contributed by atoms with Crippen LogP contribution >= 0.6 is 0 Å². The number of rotatable bonds is 7. The van der Waals surface area contributed by atoms with E-state index >= 15 is 0 Å². The molecule has 5 heteroatoms. The minimum Gasteiger partial charge on any atom is -0.380 e. The molecule has 0 aromatic heterocycles. The number of hydrogen-bond donors (Lipinski definition) is 1. The second-order valence-corrected chi connectivity index (χ2v) is 7.97. The Bertz CT molecular complexity index is 824. The molecule has 2 aliphatic rings. The number of anilines is 2. The van der Waals surface area contributed by atoms with Gasteiger partial charge in [-0.3, -0.25) is 9.69 Å². The molecule has 1 heterocycles. The predicted molar refractivity (Wildman–Crippen MR) is 112 cm³/mol. The largest absolute Gasteiger partial charge is 0.380 e. The Balaban J connectivity index is 1.33. The van der Waals surface area contributed by atoms with Crippen LogP contribution in [0.15, 0.2) is 42.5 Å². The summed E-state index contributed by atoms with van der Waals surface area (Å²) in [6.07, 6.45) is 2.83. The van der Waals surface area contributed by atoms with Crippen molar-refractivity contribution in [3.8, 4) is 0 Å². The van der Waals surface area contributed by atoms with Crippen LogP contribution in [-0.4, -0.2) is 43.4 Å². The van der Waals surface area contributed by atoms with Crippen molar-refractivity contribution in [1.82, 2.24) is 4.90 Å². The van der Waals surface area contributed by atoms with Crippen molar-refractivity contribution in [2.45, 2.75) is 26.3 Å². The first-order valence-corrected chi connectivity index (χ1v) is 10.2. The van der Waals surface area contributed by atoms with E-state index in [1.54, 1.807) is 12.1 Å². The normalized spacial score (nSPS) is 17.6. The van der Waals surface area contributed by atoms with Crippen LogP contribution in [0, 0.1) is 11.7 Å². The summed E-state index contributed by atoms with van der Waals surface area (Å²) in [5, 5.41) is 3.20. The van der Waals surface area contributed by atoms with Gasteiger partial charge in [-0.05, 0) is 55.5 Å². The number of piperazine rings is 1. The SMILES string of the molecule is CC(=O)c1c(F)cccc1NCc1ccc(N2CCN(CC3CC3)CC2)cc1. The van der Waals surface area contributed by atoms with E-state index in [2.05, 4.69) is 39.4 Å². The fourth-order valence-corrected chi connectivity index (χ4v) is 3.91. The minimum absolute atomic E-state index is 0.128. The second kappa shape index (κ2) is 8.31. The van der Waals surface area contributed by atoms with E-state index < -0.39 is 5.82 Å². The van der Waals surface area contributed by atoms with Crippen molar-refractivity contribution in [3.63, 3.8) is 0 Å². The molecule has 148 valence electrons. The highest BCUT2D eigenvalue weighted by atomic mass is 19.1. The molecule has 0 amide bonds. The van der Waals surface area contributed by atoms with E-state index in [0.717, 1.165) is 37.7 Å². The Morgan fingerprint density at radius 2 is 1.79 bits per heavy atom. The first-order valence-electron chi connectivity index (χ1n) is 10.2. The zero-order valence-electron chi connectivity index (χ0n) is 16.5. The first kappa shape index (κ1) is 18.9. The minimum atomic E-state index is -0.478. The lowest BCUT2D eigenvalue weighted by atomic mass is 10.1. The first-order chi connectivity index (χ1) is 13.6. The summed E-state index contributed by atoms with van der Waals surface area (Å²) in [5.74, 6) is 0.213. The van der Waals surface area contributed by atoms with Crippen LogP contribution in [-0.2, 0) is 6.54 Å². The number of Topliss-reactive ketones (excluding diaryl/α,β-unsaturated/α-hetero) is 1. The van der Waals surface area contributed by atoms with Crippen molar-refractivity contribution in [2.24, 2.45) is 5.92 Å². The lowest BCUT2D eigenvalue weighted by molar-refractivity contribution is 0.101. The van der Waals surface area contributed by atoms with E-state index in [1.165, 1.54) is 38.1 Å². The van der Waals surface area contributed by atoms with Gasteiger partial charge in [0.15, 0.2) is 5.78 Å². The van der Waals surface area contributed by atoms with Gasteiger partial charge in [-0.25, -0.2) is 4.39 Å². The molecule has 2 fully saturated rings. The van der Waals surface area contributed by atoms with Gasteiger partial charge in [0, 0.05) is 50.6 Å². The van der Waals surface area contributed by atoms with Gasteiger partial charge in [0.05, 0.1) is 5.56 Å². The van der Waals surface area contributed by atoms with Crippen LogP contribution in [0.4, 0.5) is 15.8 Å². The molecule has 1 N–H and O–H groups in total. The number of carbonyl (C=O) groups excluding carboxylic acids is 1. The van der Waals surface area contributed by atoms with Crippen molar-refractivity contribution >= 4 is 17.2 Å². The maximum absolute atomic E-state index is 13.9. The summed E-state index contributed by atoms with van der Waals surface area (Å²) in [5.41, 5.74) is 3.03. The molecule has 2 aromatic carbocycles. The van der Waals surface area contributed by atoms with Gasteiger partial charge >= 0.3 is 0 Å². The number of ketones is 1. The van der Waals surface area contributed by atoms with Gasteiger partial charge in [-0.15, -0.1) is 0 Å². The highest BCUT2D eigenvalue weighted by Gasteiger charge is 2.26. The summed E-state index contributed by atoms with van der Waals surface area (Å²) in [7, 11) is 0. The van der Waals surface area contributed by atoms with Crippen molar-refractivity contribution < 1.29 is 9.18 Å². The molecule has 1 aliphatic carbocycles. The molecule has 1 saturated carbocycles. The number of benzene rings is 2. The fourth-order valence-electron chi connectivity index (χ4n) is 3.91. The number of hydrogen-bond acceptors (Lipinski definition) is 4. The van der Waals surface area contributed by atoms with Gasteiger partial charge in [0.1, 0.15) is 5.82 Å². The van der Waals surface area contributed by atoms with Gasteiger partial charge in [0.2, 0.25) is 0 Å². The molecular formula is C23H28FN3O. The monoisotopic (exact) mass is 381 g/mol. The van der Waals surface area contributed by atoms with Crippen LogP contribution in [0.5, 0.6) is 0 Å². The average Bonchev–Trinajstić information content (AvgIpc) is 3.51. The zero-order chi connectivity index (χ0) is 19.5. The lowest BCUT2D eigenvalue weighted by Gasteiger charge is -2.36. The molecule has 4 rings (SSSR count). The van der Waals surface area contributed by atoms with Crippen LogP contribution in [0.25, 0.3) is 0 Å². The third-order valence-corrected chi connectivity index (χ3v) is 5.74. The fraction of sp³-hybridized carbons (Fsp3) is 0.435. The molecule has 0 bridgehead atoms. The molecule has 2 aromatic rings. The highest BCUT2D eigenvalue weighted by molar-refractivity contribution is 5.99. The number of halogens is 1. The van der Waals surface area contributed by atoms with Gasteiger partial charge in [-0.1, -0.05) is 18.2 Å². The summed E-state index contributed by atoms with van der Waals surface area (Å²) in [6.45, 7) is 7.67. The third-order valence-electron chi connectivity index (χ3n) is 5.74. The van der Waals surface area contributed by atoms with Gasteiger partial charge in [-0.2, -0.15) is 0 Å². The smallest absolute Gasteiger partial charge is 0.164 e. The maximum Gasteiger partial charge on any atom is 0.164 e. The lowest BCUT2D eigenvalue weighted by Crippen LogP contribution is -2.47. The van der Waals surface area contributed by atoms with Gasteiger partial charge in [0.25, 0.3) is 0 Å². The Morgan fingerprint density at radius 1 is 1.07 bits per heavy atom. The van der Waals surface area contributed by atoms with E-state index in [0.29, 0.717) is 12.2 Å². The third kappa shape index (κ3) is 4.53. The molecule has 4 nitrogen and oxygen atoms in total. The molecule has 28 heavy (non-hydrogen) atoms. The molecule has 0 unspecified atom stereocenters. The molecular weight excluding hydrogens is 353 g/mol.